The van der Waals surface area contributed by atoms with Crippen LogP contribution in [0.5, 0.6) is 0 Å². The molecule has 1 unspecified atom stereocenters. The van der Waals surface area contributed by atoms with E-state index in [1.165, 1.54) is 0 Å². The predicted octanol–water partition coefficient (Wildman–Crippen LogP) is 2.64. The highest BCUT2D eigenvalue weighted by Crippen LogP contribution is 2.30. The Kier molecular flexibility index (Phi) is 6.57. The first-order valence-electron chi connectivity index (χ1n) is 5.92. The molecule has 15 heavy (non-hydrogen) atoms. The van der Waals surface area contributed by atoms with E-state index < -0.39 is 11.4 Å². The lowest BCUT2D eigenvalue weighted by atomic mass is 9.78. The highest BCUT2D eigenvalue weighted by Gasteiger charge is 2.35. The molecule has 0 saturated heterocycles. The van der Waals surface area contributed by atoms with Crippen molar-refractivity contribution in [3.63, 3.8) is 0 Å². The number of carboxylic acid groups (broad SMARTS) is 1. The van der Waals surface area contributed by atoms with Crippen LogP contribution in [0.3, 0.4) is 0 Å². The second-order valence-corrected chi connectivity index (χ2v) is 4.83. The van der Waals surface area contributed by atoms with E-state index in [1.807, 2.05) is 6.92 Å². The topological polar surface area (TPSA) is 63.3 Å². The van der Waals surface area contributed by atoms with Crippen molar-refractivity contribution in [2.24, 2.45) is 17.1 Å². The van der Waals surface area contributed by atoms with Crippen LogP contribution in [0, 0.1) is 11.3 Å². The summed E-state index contributed by atoms with van der Waals surface area (Å²) in [6.07, 6.45) is 4.33. The summed E-state index contributed by atoms with van der Waals surface area (Å²) < 4.78 is 0. The van der Waals surface area contributed by atoms with Crippen LogP contribution >= 0.6 is 0 Å². The van der Waals surface area contributed by atoms with Crippen LogP contribution in [0.4, 0.5) is 0 Å². The van der Waals surface area contributed by atoms with Crippen molar-refractivity contribution in [3.05, 3.63) is 0 Å². The molecule has 0 fully saturated rings. The van der Waals surface area contributed by atoms with Gasteiger partial charge in [-0.1, -0.05) is 40.0 Å². The molecule has 0 aliphatic carbocycles. The maximum atomic E-state index is 11.2. The molecule has 3 nitrogen and oxygen atoms in total. The number of nitrogens with two attached hydrogens (primary N) is 1. The van der Waals surface area contributed by atoms with Gasteiger partial charge in [-0.15, -0.1) is 0 Å². The third-order valence-electron chi connectivity index (χ3n) is 3.01. The Bertz CT molecular complexity index is 192. The number of aliphatic carboxylic acids is 1. The number of rotatable bonds is 8. The summed E-state index contributed by atoms with van der Waals surface area (Å²) in [6.45, 7) is 6.58. The smallest absolute Gasteiger partial charge is 0.310 e. The summed E-state index contributed by atoms with van der Waals surface area (Å²) in [5, 5.41) is 9.24. The van der Waals surface area contributed by atoms with Crippen LogP contribution in [0.1, 0.15) is 52.9 Å². The molecule has 3 heteroatoms. The van der Waals surface area contributed by atoms with E-state index in [0.29, 0.717) is 18.8 Å². The molecule has 0 aliphatic heterocycles. The molecule has 0 saturated carbocycles. The molecular formula is C12H25NO2. The maximum Gasteiger partial charge on any atom is 0.310 e. The molecule has 0 aromatic carbocycles. The van der Waals surface area contributed by atoms with E-state index in [4.69, 9.17) is 5.73 Å². The largest absolute Gasteiger partial charge is 0.481 e. The summed E-state index contributed by atoms with van der Waals surface area (Å²) in [4.78, 5) is 11.2. The third kappa shape index (κ3) is 4.65. The first kappa shape index (κ1) is 14.4. The Labute approximate surface area is 93.0 Å². The molecular weight excluding hydrogens is 190 g/mol. The Hall–Kier alpha value is -0.570. The maximum absolute atomic E-state index is 11.2. The zero-order chi connectivity index (χ0) is 11.9. The zero-order valence-corrected chi connectivity index (χ0v) is 10.3. The highest BCUT2D eigenvalue weighted by molar-refractivity contribution is 5.74. The molecule has 0 bridgehead atoms. The van der Waals surface area contributed by atoms with Crippen LogP contribution in [-0.4, -0.2) is 17.6 Å². The van der Waals surface area contributed by atoms with Crippen molar-refractivity contribution in [1.82, 2.24) is 0 Å². The fourth-order valence-electron chi connectivity index (χ4n) is 1.96. The van der Waals surface area contributed by atoms with E-state index >= 15 is 0 Å². The second kappa shape index (κ2) is 6.83. The Morgan fingerprint density at radius 3 is 2.33 bits per heavy atom. The second-order valence-electron chi connectivity index (χ2n) is 4.83. The van der Waals surface area contributed by atoms with E-state index in [2.05, 4.69) is 13.8 Å². The highest BCUT2D eigenvalue weighted by atomic mass is 16.4. The van der Waals surface area contributed by atoms with Crippen LogP contribution in [-0.2, 0) is 4.79 Å². The molecule has 3 N–H and O–H groups in total. The van der Waals surface area contributed by atoms with Crippen LogP contribution < -0.4 is 5.73 Å². The first-order chi connectivity index (χ1) is 6.98. The zero-order valence-electron chi connectivity index (χ0n) is 10.3. The monoisotopic (exact) mass is 215 g/mol. The fraction of sp³-hybridized carbons (Fsp3) is 0.917. The minimum atomic E-state index is -0.726. The molecule has 0 aromatic heterocycles. The van der Waals surface area contributed by atoms with Crippen molar-refractivity contribution in [2.75, 3.05) is 6.54 Å². The molecule has 0 radical (unpaired) electrons. The van der Waals surface area contributed by atoms with Gasteiger partial charge in [-0.3, -0.25) is 4.79 Å². The van der Waals surface area contributed by atoms with Gasteiger partial charge in [0.2, 0.25) is 0 Å². The average molecular weight is 215 g/mol. The lowest BCUT2D eigenvalue weighted by Crippen LogP contribution is -2.38. The average Bonchev–Trinajstić information content (AvgIpc) is 2.15. The quantitative estimate of drug-likeness (QED) is 0.654. The van der Waals surface area contributed by atoms with Gasteiger partial charge in [0, 0.05) is 6.54 Å². The third-order valence-corrected chi connectivity index (χ3v) is 3.01. The molecule has 0 spiro atoms. The fourth-order valence-corrected chi connectivity index (χ4v) is 1.96. The summed E-state index contributed by atoms with van der Waals surface area (Å²) in [7, 11) is 0. The van der Waals surface area contributed by atoms with Gasteiger partial charge >= 0.3 is 5.97 Å². The Balaban J connectivity index is 4.28. The lowest BCUT2D eigenvalue weighted by Gasteiger charge is -2.27. The molecule has 0 aromatic rings. The number of carbonyl (C=O) groups is 1. The minimum Gasteiger partial charge on any atom is -0.481 e. The van der Waals surface area contributed by atoms with Crippen molar-refractivity contribution < 1.29 is 9.90 Å². The summed E-state index contributed by atoms with van der Waals surface area (Å²) >= 11 is 0. The predicted molar refractivity (Wildman–Crippen MR) is 62.7 cm³/mol. The van der Waals surface area contributed by atoms with E-state index in [9.17, 15) is 9.90 Å². The van der Waals surface area contributed by atoms with Gasteiger partial charge in [-0.2, -0.15) is 0 Å². The Morgan fingerprint density at radius 2 is 2.00 bits per heavy atom. The van der Waals surface area contributed by atoms with Gasteiger partial charge < -0.3 is 10.8 Å². The Morgan fingerprint density at radius 1 is 1.40 bits per heavy atom. The lowest BCUT2D eigenvalue weighted by molar-refractivity contribution is -0.149. The molecule has 0 heterocycles. The SMILES string of the molecule is CCCC(CN)(CCCC(C)C)C(=O)O. The van der Waals surface area contributed by atoms with Crippen LogP contribution in [0.15, 0.2) is 0 Å². The van der Waals surface area contributed by atoms with Crippen LogP contribution in [0.25, 0.3) is 0 Å². The van der Waals surface area contributed by atoms with Gasteiger partial charge in [0.15, 0.2) is 0 Å². The van der Waals surface area contributed by atoms with Crippen molar-refractivity contribution in [1.29, 1.82) is 0 Å². The van der Waals surface area contributed by atoms with E-state index in [-0.39, 0.29) is 6.54 Å². The number of carboxylic acids is 1. The molecule has 0 aliphatic rings. The summed E-state index contributed by atoms with van der Waals surface area (Å²) in [5.41, 5.74) is 4.95. The van der Waals surface area contributed by atoms with Crippen molar-refractivity contribution in [3.8, 4) is 0 Å². The van der Waals surface area contributed by atoms with Gasteiger partial charge in [0.05, 0.1) is 5.41 Å². The molecule has 0 rings (SSSR count). The molecule has 90 valence electrons. The number of hydrogen-bond donors (Lipinski definition) is 2. The summed E-state index contributed by atoms with van der Waals surface area (Å²) in [5.74, 6) is -0.0912. The van der Waals surface area contributed by atoms with Gasteiger partial charge in [0.1, 0.15) is 0 Å². The minimum absolute atomic E-state index is 0.258. The van der Waals surface area contributed by atoms with Gasteiger partial charge in [-0.05, 0) is 18.8 Å². The first-order valence-corrected chi connectivity index (χ1v) is 5.92. The van der Waals surface area contributed by atoms with Gasteiger partial charge in [-0.25, -0.2) is 0 Å². The van der Waals surface area contributed by atoms with Crippen molar-refractivity contribution in [2.45, 2.75) is 52.9 Å². The van der Waals surface area contributed by atoms with Crippen molar-refractivity contribution >= 4 is 5.97 Å². The van der Waals surface area contributed by atoms with Crippen LogP contribution in [0.2, 0.25) is 0 Å². The summed E-state index contributed by atoms with van der Waals surface area (Å²) in [6, 6.07) is 0. The van der Waals surface area contributed by atoms with E-state index in [0.717, 1.165) is 19.3 Å². The molecule has 0 amide bonds. The van der Waals surface area contributed by atoms with E-state index in [1.54, 1.807) is 0 Å². The van der Waals surface area contributed by atoms with Gasteiger partial charge in [0.25, 0.3) is 0 Å². The number of hydrogen-bond acceptors (Lipinski definition) is 2. The normalized spacial score (nSPS) is 15.3. The standard InChI is InChI=1S/C12H25NO2/c1-4-7-12(9-13,11(14)15)8-5-6-10(2)3/h10H,4-9,13H2,1-3H3,(H,14,15). The molecule has 1 atom stereocenters.